The number of nitrogens with zero attached hydrogens (tertiary/aromatic N) is 2. The Balaban J connectivity index is 1.15. The average molecular weight is 597 g/mol. The van der Waals surface area contributed by atoms with Crippen LogP contribution in [0.1, 0.15) is 18.4 Å². The first-order valence-electron chi connectivity index (χ1n) is 13.7. The Morgan fingerprint density at radius 1 is 0.841 bits per heavy atom. The molecule has 6 rings (SSSR count). The maximum absolute atomic E-state index is 15.2. The molecule has 0 aliphatic heterocycles. The Morgan fingerprint density at radius 3 is 2.27 bits per heavy atom. The molecule has 2 aromatic heterocycles. The predicted octanol–water partition coefficient (Wildman–Crippen LogP) is 6.65. The minimum Gasteiger partial charge on any atom is -0.493 e. The highest BCUT2D eigenvalue weighted by atomic mass is 19.1. The van der Waals surface area contributed by atoms with Gasteiger partial charge in [0.1, 0.15) is 23.6 Å². The predicted molar refractivity (Wildman–Crippen MR) is 159 cm³/mol. The van der Waals surface area contributed by atoms with E-state index in [1.807, 2.05) is 12.1 Å². The van der Waals surface area contributed by atoms with Crippen molar-refractivity contribution in [3.63, 3.8) is 0 Å². The van der Waals surface area contributed by atoms with Crippen LogP contribution in [0.5, 0.6) is 23.0 Å². The normalized spacial score (nSPS) is 13.2. The molecular formula is C33H26F2N4O5. The lowest BCUT2D eigenvalue weighted by Crippen LogP contribution is -2.35. The molecule has 9 nitrogen and oxygen atoms in total. The van der Waals surface area contributed by atoms with Crippen molar-refractivity contribution in [3.8, 4) is 23.0 Å². The average Bonchev–Trinajstić information content (AvgIpc) is 3.85. The maximum Gasteiger partial charge on any atom is 0.240 e. The molecule has 1 aliphatic carbocycles. The highest BCUT2D eigenvalue weighted by Crippen LogP contribution is 2.47. The molecule has 2 amide bonds. The number of carbonyl (C=O) groups is 2. The minimum absolute atomic E-state index is 0.0819. The second-order valence-corrected chi connectivity index (χ2v) is 10.2. The van der Waals surface area contributed by atoms with Gasteiger partial charge in [0.25, 0.3) is 0 Å². The fraction of sp³-hybridized carbons (Fsp3) is 0.152. The molecule has 0 atom stereocenters. The Morgan fingerprint density at radius 2 is 1.59 bits per heavy atom. The lowest BCUT2D eigenvalue weighted by Gasteiger charge is -2.16. The number of fused-ring (bicyclic) bond motifs is 1. The third-order valence-corrected chi connectivity index (χ3v) is 7.24. The lowest BCUT2D eigenvalue weighted by molar-refractivity contribution is -0.131. The zero-order chi connectivity index (χ0) is 30.7. The second kappa shape index (κ2) is 12.0. The van der Waals surface area contributed by atoms with Crippen molar-refractivity contribution in [2.75, 3.05) is 17.7 Å². The molecule has 222 valence electrons. The van der Waals surface area contributed by atoms with Gasteiger partial charge in [-0.1, -0.05) is 6.07 Å². The van der Waals surface area contributed by atoms with Gasteiger partial charge in [-0.3, -0.25) is 19.6 Å². The van der Waals surface area contributed by atoms with Gasteiger partial charge in [0, 0.05) is 53.0 Å². The van der Waals surface area contributed by atoms with Crippen molar-refractivity contribution < 1.29 is 32.6 Å². The molecule has 0 bridgehead atoms. The summed E-state index contributed by atoms with van der Waals surface area (Å²) < 4.78 is 45.8. The van der Waals surface area contributed by atoms with Crippen LogP contribution in [0.4, 0.5) is 20.2 Å². The van der Waals surface area contributed by atoms with Crippen LogP contribution in [0, 0.1) is 17.0 Å². The monoisotopic (exact) mass is 596 g/mol. The van der Waals surface area contributed by atoms with E-state index in [2.05, 4.69) is 20.6 Å². The fourth-order valence-electron chi connectivity index (χ4n) is 4.63. The number of amides is 2. The third kappa shape index (κ3) is 5.98. The van der Waals surface area contributed by atoms with Crippen LogP contribution in [-0.2, 0) is 16.2 Å². The molecule has 11 heteroatoms. The summed E-state index contributed by atoms with van der Waals surface area (Å²) in [5.74, 6) is -1.07. The molecule has 0 radical (unpaired) electrons. The molecule has 2 heterocycles. The summed E-state index contributed by atoms with van der Waals surface area (Å²) in [6.07, 6.45) is 5.60. The Labute approximate surface area is 250 Å². The zero-order valence-electron chi connectivity index (χ0n) is 23.5. The lowest BCUT2D eigenvalue weighted by atomic mass is 10.0. The van der Waals surface area contributed by atoms with Crippen LogP contribution >= 0.6 is 0 Å². The topological polar surface area (TPSA) is 112 Å². The summed E-state index contributed by atoms with van der Waals surface area (Å²) in [6, 6.07) is 18.0. The molecule has 0 spiro atoms. The largest absolute Gasteiger partial charge is 0.493 e. The highest BCUT2D eigenvalue weighted by molar-refractivity contribution is 6.16. The van der Waals surface area contributed by atoms with Crippen molar-refractivity contribution in [2.45, 2.75) is 19.4 Å². The van der Waals surface area contributed by atoms with Crippen molar-refractivity contribution in [1.29, 1.82) is 0 Å². The van der Waals surface area contributed by atoms with Crippen molar-refractivity contribution in [2.24, 2.45) is 5.41 Å². The number of ether oxygens (including phenoxy) is 3. The molecule has 3 aromatic carbocycles. The Bertz CT molecular complexity index is 1850. The van der Waals surface area contributed by atoms with Crippen LogP contribution in [0.2, 0.25) is 0 Å². The van der Waals surface area contributed by atoms with Crippen LogP contribution in [0.25, 0.3) is 10.9 Å². The molecule has 1 aliphatic rings. The van der Waals surface area contributed by atoms with Gasteiger partial charge in [-0.05, 0) is 67.4 Å². The summed E-state index contributed by atoms with van der Waals surface area (Å²) in [5, 5.41) is 5.84. The van der Waals surface area contributed by atoms with E-state index in [-0.39, 0.29) is 18.0 Å². The molecule has 2 N–H and O–H groups in total. The van der Waals surface area contributed by atoms with Gasteiger partial charge < -0.3 is 24.8 Å². The molecule has 1 fully saturated rings. The number of methoxy groups -OCH3 is 1. The van der Waals surface area contributed by atoms with Crippen LogP contribution in [-0.4, -0.2) is 28.9 Å². The van der Waals surface area contributed by atoms with Gasteiger partial charge in [0.15, 0.2) is 23.1 Å². The summed E-state index contributed by atoms with van der Waals surface area (Å²) in [6.45, 7) is 0.278. The van der Waals surface area contributed by atoms with Crippen LogP contribution in [0.3, 0.4) is 0 Å². The third-order valence-electron chi connectivity index (χ3n) is 7.24. The number of nitrogens with one attached hydrogen (secondary N) is 2. The van der Waals surface area contributed by atoms with Gasteiger partial charge in [-0.2, -0.15) is 0 Å². The van der Waals surface area contributed by atoms with Crippen molar-refractivity contribution in [3.05, 3.63) is 109 Å². The number of carbonyl (C=O) groups excluding carboxylic acids is 2. The number of hydrogen-bond donors (Lipinski definition) is 2. The zero-order valence-corrected chi connectivity index (χ0v) is 23.5. The van der Waals surface area contributed by atoms with Gasteiger partial charge in [-0.15, -0.1) is 0 Å². The van der Waals surface area contributed by atoms with E-state index in [9.17, 15) is 14.0 Å². The van der Waals surface area contributed by atoms with E-state index in [4.69, 9.17) is 14.2 Å². The molecule has 5 aromatic rings. The van der Waals surface area contributed by atoms with Crippen LogP contribution < -0.4 is 24.8 Å². The summed E-state index contributed by atoms with van der Waals surface area (Å²) in [5.41, 5.74) is 0.684. The first-order chi connectivity index (χ1) is 21.3. The molecular weight excluding hydrogens is 570 g/mol. The van der Waals surface area contributed by atoms with Crippen molar-refractivity contribution >= 4 is 34.1 Å². The summed E-state index contributed by atoms with van der Waals surface area (Å²) in [7, 11) is 1.51. The van der Waals surface area contributed by atoms with E-state index < -0.39 is 28.9 Å². The first-order valence-corrected chi connectivity index (χ1v) is 13.7. The van der Waals surface area contributed by atoms with Gasteiger partial charge in [-0.25, -0.2) is 8.78 Å². The number of benzene rings is 3. The van der Waals surface area contributed by atoms with E-state index in [0.717, 1.165) is 11.6 Å². The molecule has 0 saturated heterocycles. The maximum atomic E-state index is 15.2. The fourth-order valence-corrected chi connectivity index (χ4v) is 4.63. The number of hydrogen-bond acceptors (Lipinski definition) is 7. The van der Waals surface area contributed by atoms with E-state index in [1.54, 1.807) is 30.6 Å². The van der Waals surface area contributed by atoms with Crippen LogP contribution in [0.15, 0.2) is 91.4 Å². The Hall–Kier alpha value is -5.58. The second-order valence-electron chi connectivity index (χ2n) is 10.2. The molecule has 1 saturated carbocycles. The van der Waals surface area contributed by atoms with Gasteiger partial charge in [0.2, 0.25) is 11.8 Å². The first kappa shape index (κ1) is 28.5. The Kier molecular flexibility index (Phi) is 7.76. The van der Waals surface area contributed by atoms with Gasteiger partial charge >= 0.3 is 0 Å². The number of halogens is 2. The van der Waals surface area contributed by atoms with Gasteiger partial charge in [0.05, 0.1) is 12.6 Å². The van der Waals surface area contributed by atoms with E-state index in [1.165, 1.54) is 49.7 Å². The van der Waals surface area contributed by atoms with E-state index in [0.29, 0.717) is 46.7 Å². The number of aromatic nitrogens is 2. The SMILES string of the molecule is COc1cc2c(Oc3ccc(NC(=O)C4(C(=O)Nc5ccc(F)cc5)CC4)cc3F)ccnc2cc1OCc1cccnc1. The number of pyridine rings is 2. The molecule has 44 heavy (non-hydrogen) atoms. The smallest absolute Gasteiger partial charge is 0.240 e. The number of rotatable bonds is 10. The summed E-state index contributed by atoms with van der Waals surface area (Å²) >= 11 is 0. The number of anilines is 2. The molecule has 0 unspecified atom stereocenters. The highest BCUT2D eigenvalue weighted by Gasteiger charge is 2.56. The van der Waals surface area contributed by atoms with E-state index >= 15 is 4.39 Å². The minimum atomic E-state index is -1.28. The quantitative estimate of drug-likeness (QED) is 0.174. The van der Waals surface area contributed by atoms with Crippen molar-refractivity contribution in [1.82, 2.24) is 9.97 Å². The standard InChI is InChI=1S/C33H26F2N4O5/c1-42-29-16-24-26(17-30(29)43-19-20-3-2-13-36-18-20)37-14-10-27(24)44-28-9-8-23(15-25(28)35)39-32(41)33(11-12-33)31(40)38-22-6-4-21(34)5-7-22/h2-10,13-18H,11-12,19H2,1H3,(H,38,40)(H,39,41). The summed E-state index contributed by atoms with van der Waals surface area (Å²) in [4.78, 5) is 34.3.